The van der Waals surface area contributed by atoms with Crippen LogP contribution in [0.15, 0.2) is 18.2 Å². The number of anilines is 2. The summed E-state index contributed by atoms with van der Waals surface area (Å²) in [6, 6.07) is 8.01. The van der Waals surface area contributed by atoms with Crippen molar-refractivity contribution in [1.29, 1.82) is 5.26 Å². The summed E-state index contributed by atoms with van der Waals surface area (Å²) >= 11 is 0. The van der Waals surface area contributed by atoms with E-state index in [0.29, 0.717) is 6.42 Å². The molecule has 146 valence electrons. The van der Waals surface area contributed by atoms with Crippen molar-refractivity contribution >= 4 is 17.5 Å². The number of carbonyl (C=O) groups excluding carboxylic acids is 1. The number of nitrogens with one attached hydrogen (secondary N) is 1. The third-order valence-corrected chi connectivity index (χ3v) is 4.87. The van der Waals surface area contributed by atoms with Gasteiger partial charge >= 0.3 is 0 Å². The van der Waals surface area contributed by atoms with Crippen molar-refractivity contribution in [1.82, 2.24) is 19.9 Å². The summed E-state index contributed by atoms with van der Waals surface area (Å²) in [4.78, 5) is 29.4. The van der Waals surface area contributed by atoms with Gasteiger partial charge < -0.3 is 15.1 Å². The Balaban J connectivity index is 1.76. The van der Waals surface area contributed by atoms with E-state index in [9.17, 15) is 4.79 Å². The number of rotatable bonds is 5. The zero-order valence-electron chi connectivity index (χ0n) is 16.7. The first kappa shape index (κ1) is 19.5. The minimum atomic E-state index is -0.197. The normalized spacial score (nSPS) is 16.0. The molecular weight excluding hydrogens is 354 g/mol. The predicted octanol–water partition coefficient (Wildman–Crippen LogP) is 1.95. The average Bonchev–Trinajstić information content (AvgIpc) is 3.12. The zero-order chi connectivity index (χ0) is 20.3. The van der Waals surface area contributed by atoms with Crippen LogP contribution in [0.5, 0.6) is 0 Å². The van der Waals surface area contributed by atoms with E-state index in [1.54, 1.807) is 14.1 Å². The Bertz CT molecular complexity index is 919. The smallest absolute Gasteiger partial charge is 0.291 e. The summed E-state index contributed by atoms with van der Waals surface area (Å²) in [5.41, 5.74) is 2.57. The fraction of sp³-hybridized carbons (Fsp3) is 0.450. The van der Waals surface area contributed by atoms with Crippen LogP contribution in [0.4, 0.5) is 11.6 Å². The predicted molar refractivity (Wildman–Crippen MR) is 107 cm³/mol. The number of aryl methyl sites for hydroxylation is 1. The molecule has 8 nitrogen and oxygen atoms in total. The summed E-state index contributed by atoms with van der Waals surface area (Å²) in [7, 11) is 3.40. The number of pyridine rings is 1. The largest absolute Gasteiger partial charge is 0.365 e. The number of carbonyl (C=O) groups is 1. The molecule has 0 aromatic carbocycles. The standard InChI is InChI=1S/C20H25N7O/c1-13-14(2)22-18(20(28)26(3)4)25-19(13)27-11-9-16(12-27)24-17-7-5-6-15(23-17)8-10-21/h5-7,16H,8-9,11-12H2,1-4H3,(H,23,24)/t16-/m1/s1. The quantitative estimate of drug-likeness (QED) is 0.848. The van der Waals surface area contributed by atoms with Crippen LogP contribution in [0.25, 0.3) is 0 Å². The molecule has 8 heteroatoms. The Morgan fingerprint density at radius 2 is 2.11 bits per heavy atom. The first-order valence-corrected chi connectivity index (χ1v) is 9.30. The summed E-state index contributed by atoms with van der Waals surface area (Å²) in [6.45, 7) is 5.49. The van der Waals surface area contributed by atoms with Crippen LogP contribution in [0.2, 0.25) is 0 Å². The van der Waals surface area contributed by atoms with Crippen LogP contribution in [-0.4, -0.2) is 59.0 Å². The van der Waals surface area contributed by atoms with Gasteiger partial charge in [-0.2, -0.15) is 5.26 Å². The fourth-order valence-electron chi connectivity index (χ4n) is 3.24. The van der Waals surface area contributed by atoms with E-state index in [-0.39, 0.29) is 17.8 Å². The zero-order valence-corrected chi connectivity index (χ0v) is 16.7. The lowest BCUT2D eigenvalue weighted by Gasteiger charge is -2.22. The highest BCUT2D eigenvalue weighted by atomic mass is 16.2. The third kappa shape index (κ3) is 4.19. The summed E-state index contributed by atoms with van der Waals surface area (Å²) in [5.74, 6) is 1.62. The Morgan fingerprint density at radius 3 is 2.82 bits per heavy atom. The molecule has 0 unspecified atom stereocenters. The van der Waals surface area contributed by atoms with Gasteiger partial charge in [-0.05, 0) is 32.4 Å². The second-order valence-electron chi connectivity index (χ2n) is 7.21. The second kappa shape index (κ2) is 8.21. The number of hydrogen-bond donors (Lipinski definition) is 1. The molecule has 0 aliphatic carbocycles. The molecule has 0 bridgehead atoms. The first-order chi connectivity index (χ1) is 13.4. The van der Waals surface area contributed by atoms with Gasteiger partial charge in [-0.25, -0.2) is 15.0 Å². The molecule has 1 saturated heterocycles. The van der Waals surface area contributed by atoms with Gasteiger partial charge in [-0.1, -0.05) is 6.07 Å². The first-order valence-electron chi connectivity index (χ1n) is 9.30. The molecule has 28 heavy (non-hydrogen) atoms. The van der Waals surface area contributed by atoms with Crippen molar-refractivity contribution in [3.8, 4) is 6.07 Å². The van der Waals surface area contributed by atoms with E-state index in [4.69, 9.17) is 5.26 Å². The van der Waals surface area contributed by atoms with Gasteiger partial charge in [0.1, 0.15) is 11.6 Å². The molecule has 0 radical (unpaired) electrons. The fourth-order valence-corrected chi connectivity index (χ4v) is 3.24. The molecule has 1 aliphatic rings. The van der Waals surface area contributed by atoms with Crippen LogP contribution in [0.1, 0.15) is 34.0 Å². The molecule has 1 amide bonds. The van der Waals surface area contributed by atoms with Crippen molar-refractivity contribution in [3.05, 3.63) is 41.0 Å². The van der Waals surface area contributed by atoms with Crippen LogP contribution in [-0.2, 0) is 6.42 Å². The third-order valence-electron chi connectivity index (χ3n) is 4.87. The topological polar surface area (TPSA) is 98.0 Å². The van der Waals surface area contributed by atoms with Gasteiger partial charge in [0.05, 0.1) is 18.2 Å². The maximum atomic E-state index is 12.3. The number of aromatic nitrogens is 3. The van der Waals surface area contributed by atoms with E-state index in [0.717, 1.165) is 48.1 Å². The maximum Gasteiger partial charge on any atom is 0.291 e. The van der Waals surface area contributed by atoms with Gasteiger partial charge in [0.25, 0.3) is 5.91 Å². The monoisotopic (exact) mass is 379 g/mol. The highest BCUT2D eigenvalue weighted by Crippen LogP contribution is 2.25. The summed E-state index contributed by atoms with van der Waals surface area (Å²) < 4.78 is 0. The van der Waals surface area contributed by atoms with Gasteiger partial charge in [0.2, 0.25) is 5.82 Å². The number of nitriles is 1. The lowest BCUT2D eigenvalue weighted by atomic mass is 10.2. The van der Waals surface area contributed by atoms with Gasteiger partial charge in [-0.15, -0.1) is 0 Å². The minimum absolute atomic E-state index is 0.197. The molecule has 3 rings (SSSR count). The number of nitrogens with zero attached hydrogens (tertiary/aromatic N) is 6. The van der Waals surface area contributed by atoms with Crippen LogP contribution in [0, 0.1) is 25.2 Å². The van der Waals surface area contributed by atoms with Gasteiger partial charge in [0.15, 0.2) is 0 Å². The molecule has 1 N–H and O–H groups in total. The Hall–Kier alpha value is -3.21. The van der Waals surface area contributed by atoms with Crippen molar-refractivity contribution < 1.29 is 4.79 Å². The molecule has 2 aromatic rings. The molecule has 3 heterocycles. The van der Waals surface area contributed by atoms with Crippen molar-refractivity contribution in [2.45, 2.75) is 32.7 Å². The van der Waals surface area contributed by atoms with E-state index in [1.165, 1.54) is 4.90 Å². The molecule has 1 atom stereocenters. The van der Waals surface area contributed by atoms with Crippen molar-refractivity contribution in [2.75, 3.05) is 37.4 Å². The molecule has 1 fully saturated rings. The Kier molecular flexibility index (Phi) is 5.73. The van der Waals surface area contributed by atoms with Crippen molar-refractivity contribution in [3.63, 3.8) is 0 Å². The summed E-state index contributed by atoms with van der Waals surface area (Å²) in [5, 5.41) is 12.3. The highest BCUT2D eigenvalue weighted by Gasteiger charge is 2.27. The van der Waals surface area contributed by atoms with Crippen LogP contribution in [0.3, 0.4) is 0 Å². The Morgan fingerprint density at radius 1 is 1.32 bits per heavy atom. The highest BCUT2D eigenvalue weighted by molar-refractivity contribution is 5.90. The molecule has 1 aliphatic heterocycles. The lowest BCUT2D eigenvalue weighted by molar-refractivity contribution is 0.0815. The SMILES string of the molecule is Cc1nc(C(=O)N(C)C)nc(N2CC[C@@H](Nc3cccc(CC#N)n3)C2)c1C. The summed E-state index contributed by atoms with van der Waals surface area (Å²) in [6.07, 6.45) is 1.23. The van der Waals surface area contributed by atoms with E-state index in [2.05, 4.69) is 31.2 Å². The van der Waals surface area contributed by atoms with E-state index in [1.807, 2.05) is 32.0 Å². The van der Waals surface area contributed by atoms with Crippen LogP contribution >= 0.6 is 0 Å². The van der Waals surface area contributed by atoms with Gasteiger partial charge in [0, 0.05) is 44.5 Å². The van der Waals surface area contributed by atoms with Crippen LogP contribution < -0.4 is 10.2 Å². The number of amides is 1. The van der Waals surface area contributed by atoms with E-state index < -0.39 is 0 Å². The number of hydrogen-bond acceptors (Lipinski definition) is 7. The van der Waals surface area contributed by atoms with Crippen molar-refractivity contribution in [2.24, 2.45) is 0 Å². The molecule has 2 aromatic heterocycles. The molecular formula is C20H25N7O. The lowest BCUT2D eigenvalue weighted by Crippen LogP contribution is -2.30. The van der Waals surface area contributed by atoms with E-state index >= 15 is 0 Å². The molecule has 0 spiro atoms. The second-order valence-corrected chi connectivity index (χ2v) is 7.21. The van der Waals surface area contributed by atoms with Gasteiger partial charge in [-0.3, -0.25) is 4.79 Å². The molecule has 0 saturated carbocycles. The Labute approximate surface area is 165 Å². The average molecular weight is 379 g/mol. The minimum Gasteiger partial charge on any atom is -0.365 e. The maximum absolute atomic E-state index is 12.3.